The maximum absolute atomic E-state index is 12.4. The summed E-state index contributed by atoms with van der Waals surface area (Å²) in [6.07, 6.45) is -2.61. The number of hydrogen-bond donors (Lipinski definition) is 2. The number of nitrogen functional groups attached to an aromatic ring is 1. The van der Waals surface area contributed by atoms with Gasteiger partial charge in [0, 0.05) is 6.54 Å². The molecule has 0 amide bonds. The van der Waals surface area contributed by atoms with Crippen LogP contribution in [-0.4, -0.2) is 41.6 Å². The largest absolute Gasteiger partial charge is 0.405 e. The minimum Gasteiger partial charge on any atom is -0.395 e. The van der Waals surface area contributed by atoms with E-state index < -0.39 is 12.7 Å². The van der Waals surface area contributed by atoms with E-state index in [9.17, 15) is 13.2 Å². The molecule has 0 aliphatic carbocycles. The molecular formula is C8H12F3N3OS2. The molecule has 0 atom stereocenters. The Morgan fingerprint density at radius 3 is 2.65 bits per heavy atom. The van der Waals surface area contributed by atoms with Crippen LogP contribution in [0.2, 0.25) is 0 Å². The summed E-state index contributed by atoms with van der Waals surface area (Å²) < 4.78 is 41.0. The van der Waals surface area contributed by atoms with Gasteiger partial charge in [-0.05, 0) is 17.8 Å². The van der Waals surface area contributed by atoms with Gasteiger partial charge in [0.1, 0.15) is 11.5 Å². The maximum Gasteiger partial charge on any atom is 0.405 e. The molecule has 17 heavy (non-hydrogen) atoms. The van der Waals surface area contributed by atoms with Crippen molar-refractivity contribution in [3.05, 3.63) is 0 Å². The average molecular weight is 287 g/mol. The Kier molecular flexibility index (Phi) is 4.90. The Balaban J connectivity index is 2.96. The molecule has 0 saturated heterocycles. The first-order chi connectivity index (χ1) is 7.89. The predicted octanol–water partition coefficient (Wildman–Crippen LogP) is 1.81. The van der Waals surface area contributed by atoms with E-state index in [2.05, 4.69) is 4.37 Å². The van der Waals surface area contributed by atoms with Crippen molar-refractivity contribution < 1.29 is 18.3 Å². The van der Waals surface area contributed by atoms with E-state index in [1.165, 1.54) is 11.8 Å². The van der Waals surface area contributed by atoms with E-state index in [1.807, 2.05) is 0 Å². The standard InChI is InChI=1S/C8H12F3N3OS2/c1-16-5-6(12)13-17-7(5)14(2-3-15)4-8(9,10)11/h15H,2-4H2,1H3,(H2,12,13). The van der Waals surface area contributed by atoms with Crippen LogP contribution in [0.15, 0.2) is 4.90 Å². The summed E-state index contributed by atoms with van der Waals surface area (Å²) in [7, 11) is 0. The summed E-state index contributed by atoms with van der Waals surface area (Å²) in [5.74, 6) is 0.225. The van der Waals surface area contributed by atoms with Crippen molar-refractivity contribution in [3.63, 3.8) is 0 Å². The van der Waals surface area contributed by atoms with E-state index in [1.54, 1.807) is 6.26 Å². The fourth-order valence-corrected chi connectivity index (χ4v) is 2.98. The lowest BCUT2D eigenvalue weighted by molar-refractivity contribution is -0.119. The van der Waals surface area contributed by atoms with Crippen LogP contribution < -0.4 is 10.6 Å². The second-order valence-electron chi connectivity index (χ2n) is 3.17. The Bertz CT molecular complexity index is 369. The van der Waals surface area contributed by atoms with E-state index >= 15 is 0 Å². The van der Waals surface area contributed by atoms with Crippen LogP contribution in [0.25, 0.3) is 0 Å². The van der Waals surface area contributed by atoms with E-state index in [-0.39, 0.29) is 19.0 Å². The SMILES string of the molecule is CSc1c(N)nsc1N(CCO)CC(F)(F)F. The number of hydrogen-bond acceptors (Lipinski definition) is 6. The van der Waals surface area contributed by atoms with Crippen LogP contribution in [0.5, 0.6) is 0 Å². The van der Waals surface area contributed by atoms with Crippen molar-refractivity contribution in [1.82, 2.24) is 4.37 Å². The van der Waals surface area contributed by atoms with Crippen molar-refractivity contribution in [3.8, 4) is 0 Å². The van der Waals surface area contributed by atoms with Crippen LogP contribution in [0, 0.1) is 0 Å². The van der Waals surface area contributed by atoms with Gasteiger partial charge in [-0.1, -0.05) is 0 Å². The molecule has 0 aromatic carbocycles. The van der Waals surface area contributed by atoms with Crippen molar-refractivity contribution >= 4 is 34.1 Å². The van der Waals surface area contributed by atoms with Crippen LogP contribution in [0.4, 0.5) is 24.0 Å². The van der Waals surface area contributed by atoms with Crippen molar-refractivity contribution in [1.29, 1.82) is 0 Å². The fourth-order valence-electron chi connectivity index (χ4n) is 1.27. The lowest BCUT2D eigenvalue weighted by Crippen LogP contribution is -2.36. The number of aromatic nitrogens is 1. The fraction of sp³-hybridized carbons (Fsp3) is 0.625. The monoisotopic (exact) mass is 287 g/mol. The van der Waals surface area contributed by atoms with Gasteiger partial charge in [-0.25, -0.2) is 0 Å². The highest BCUT2D eigenvalue weighted by atomic mass is 32.2. The molecular weight excluding hydrogens is 275 g/mol. The Morgan fingerprint density at radius 1 is 1.53 bits per heavy atom. The van der Waals surface area contributed by atoms with Gasteiger partial charge < -0.3 is 15.7 Å². The minimum absolute atomic E-state index is 0.102. The molecule has 1 heterocycles. The molecule has 0 aliphatic heterocycles. The van der Waals surface area contributed by atoms with E-state index in [4.69, 9.17) is 10.8 Å². The Hall–Kier alpha value is -0.670. The van der Waals surface area contributed by atoms with Gasteiger partial charge in [0.2, 0.25) is 0 Å². The molecule has 0 saturated carbocycles. The van der Waals surface area contributed by atoms with Crippen LogP contribution in [0.3, 0.4) is 0 Å². The van der Waals surface area contributed by atoms with Gasteiger partial charge in [0.05, 0.1) is 11.5 Å². The number of halogens is 3. The molecule has 0 spiro atoms. The highest BCUT2D eigenvalue weighted by Gasteiger charge is 2.32. The minimum atomic E-state index is -4.33. The molecule has 0 unspecified atom stereocenters. The molecule has 1 aromatic rings. The van der Waals surface area contributed by atoms with Gasteiger partial charge in [-0.15, -0.1) is 11.8 Å². The first-order valence-corrected chi connectivity index (χ1v) is 6.60. The van der Waals surface area contributed by atoms with Crippen molar-refractivity contribution in [2.75, 3.05) is 36.6 Å². The molecule has 0 radical (unpaired) electrons. The summed E-state index contributed by atoms with van der Waals surface area (Å²) in [6, 6.07) is 0. The summed E-state index contributed by atoms with van der Waals surface area (Å²) in [5.41, 5.74) is 5.56. The molecule has 0 fully saturated rings. The number of aliphatic hydroxyl groups is 1. The second kappa shape index (κ2) is 5.78. The van der Waals surface area contributed by atoms with Gasteiger partial charge in [-0.3, -0.25) is 0 Å². The predicted molar refractivity (Wildman–Crippen MR) is 63.7 cm³/mol. The van der Waals surface area contributed by atoms with E-state index in [0.29, 0.717) is 9.90 Å². The first-order valence-electron chi connectivity index (χ1n) is 4.60. The highest BCUT2D eigenvalue weighted by molar-refractivity contribution is 7.99. The molecule has 0 aliphatic rings. The van der Waals surface area contributed by atoms with Gasteiger partial charge in [0.25, 0.3) is 0 Å². The van der Waals surface area contributed by atoms with Crippen molar-refractivity contribution in [2.45, 2.75) is 11.1 Å². The highest BCUT2D eigenvalue weighted by Crippen LogP contribution is 2.38. The van der Waals surface area contributed by atoms with Gasteiger partial charge in [0.15, 0.2) is 5.82 Å². The number of alkyl halides is 3. The number of anilines is 2. The quantitative estimate of drug-likeness (QED) is 0.809. The summed E-state index contributed by atoms with van der Waals surface area (Å²) >= 11 is 2.15. The third-order valence-corrected chi connectivity index (χ3v) is 3.75. The maximum atomic E-state index is 12.4. The zero-order valence-electron chi connectivity index (χ0n) is 8.99. The smallest absolute Gasteiger partial charge is 0.395 e. The van der Waals surface area contributed by atoms with Gasteiger partial charge in [-0.2, -0.15) is 17.5 Å². The summed E-state index contributed by atoms with van der Waals surface area (Å²) in [5, 5.41) is 9.15. The normalized spacial score (nSPS) is 11.8. The summed E-state index contributed by atoms with van der Waals surface area (Å²) in [4.78, 5) is 1.56. The molecule has 98 valence electrons. The first kappa shape index (κ1) is 14.4. The number of nitrogens with zero attached hydrogens (tertiary/aromatic N) is 2. The zero-order valence-corrected chi connectivity index (χ0v) is 10.6. The van der Waals surface area contributed by atoms with Crippen LogP contribution in [-0.2, 0) is 0 Å². The summed E-state index contributed by atoms with van der Waals surface area (Å²) in [6.45, 7) is -1.58. The number of thioether (sulfide) groups is 1. The van der Waals surface area contributed by atoms with Crippen molar-refractivity contribution in [2.24, 2.45) is 0 Å². The molecule has 4 nitrogen and oxygen atoms in total. The lowest BCUT2D eigenvalue weighted by Gasteiger charge is -2.23. The zero-order chi connectivity index (χ0) is 13.1. The molecule has 3 N–H and O–H groups in total. The third-order valence-electron chi connectivity index (χ3n) is 1.89. The molecule has 9 heteroatoms. The lowest BCUT2D eigenvalue weighted by atomic mass is 10.4. The van der Waals surface area contributed by atoms with E-state index in [0.717, 1.165) is 16.4 Å². The van der Waals surface area contributed by atoms with Crippen LogP contribution >= 0.6 is 23.3 Å². The molecule has 1 aromatic heterocycles. The second-order valence-corrected chi connectivity index (χ2v) is 4.73. The Labute approximate surface area is 105 Å². The third kappa shape index (κ3) is 3.93. The Morgan fingerprint density at radius 2 is 2.18 bits per heavy atom. The molecule has 1 rings (SSSR count). The topological polar surface area (TPSA) is 62.4 Å². The number of aliphatic hydroxyl groups excluding tert-OH is 1. The number of rotatable bonds is 5. The van der Waals surface area contributed by atoms with Crippen LogP contribution in [0.1, 0.15) is 0 Å². The number of nitrogens with two attached hydrogens (primary N) is 1. The van der Waals surface area contributed by atoms with Gasteiger partial charge >= 0.3 is 6.18 Å². The average Bonchev–Trinajstić information content (AvgIpc) is 2.56. The molecule has 0 bridgehead atoms.